The zero-order chi connectivity index (χ0) is 9.90. The van der Waals surface area contributed by atoms with E-state index in [2.05, 4.69) is 17.1 Å². The van der Waals surface area contributed by atoms with Crippen LogP contribution < -0.4 is 5.32 Å². The molecule has 0 aromatic carbocycles. The second-order valence-corrected chi connectivity index (χ2v) is 5.42. The number of rotatable bonds is 0. The minimum Gasteiger partial charge on any atom is -0.317 e. The van der Waals surface area contributed by atoms with Crippen LogP contribution in [0.4, 0.5) is 0 Å². The summed E-state index contributed by atoms with van der Waals surface area (Å²) in [5.41, 5.74) is 0. The molecule has 0 unspecified atom stereocenters. The van der Waals surface area contributed by atoms with Gasteiger partial charge in [-0.25, -0.2) is 0 Å². The third-order valence-corrected chi connectivity index (χ3v) is 3.94. The van der Waals surface area contributed by atoms with Crippen LogP contribution in [-0.4, -0.2) is 24.6 Å². The second-order valence-electron chi connectivity index (χ2n) is 4.19. The lowest BCUT2D eigenvalue weighted by Gasteiger charge is -1.91. The first-order valence-corrected chi connectivity index (χ1v) is 7.44. The van der Waals surface area contributed by atoms with Crippen molar-refractivity contribution in [3.63, 3.8) is 0 Å². The van der Waals surface area contributed by atoms with Gasteiger partial charge in [-0.1, -0.05) is 25.7 Å². The monoisotopic (exact) mass is 215 g/mol. The summed E-state index contributed by atoms with van der Waals surface area (Å²) >= 11 is 2.12. The van der Waals surface area contributed by atoms with Gasteiger partial charge in [0.1, 0.15) is 0 Å². The van der Waals surface area contributed by atoms with Crippen LogP contribution in [0.15, 0.2) is 0 Å². The number of nitrogens with one attached hydrogen (secondary N) is 1. The van der Waals surface area contributed by atoms with Crippen molar-refractivity contribution in [3.8, 4) is 0 Å². The molecule has 2 rings (SSSR count). The highest BCUT2D eigenvalue weighted by atomic mass is 32.2. The molecule has 0 saturated carbocycles. The van der Waals surface area contributed by atoms with Gasteiger partial charge in [0.25, 0.3) is 0 Å². The van der Waals surface area contributed by atoms with Crippen LogP contribution >= 0.6 is 11.8 Å². The van der Waals surface area contributed by atoms with Gasteiger partial charge in [-0.05, 0) is 50.3 Å². The van der Waals surface area contributed by atoms with Crippen molar-refractivity contribution in [2.24, 2.45) is 0 Å². The Kier molecular flexibility index (Phi) is 8.71. The van der Waals surface area contributed by atoms with Crippen LogP contribution in [0.5, 0.6) is 0 Å². The highest BCUT2D eigenvalue weighted by Gasteiger charge is 1.95. The highest BCUT2D eigenvalue weighted by molar-refractivity contribution is 7.99. The Hall–Kier alpha value is 0.310. The molecule has 2 heterocycles. The predicted molar refractivity (Wildman–Crippen MR) is 67.1 cm³/mol. The van der Waals surface area contributed by atoms with E-state index in [0.29, 0.717) is 0 Å². The molecule has 2 aliphatic rings. The zero-order valence-corrected chi connectivity index (χ0v) is 10.2. The molecule has 0 bridgehead atoms. The van der Waals surface area contributed by atoms with Gasteiger partial charge in [0.2, 0.25) is 0 Å². The van der Waals surface area contributed by atoms with E-state index < -0.39 is 0 Å². The maximum Gasteiger partial charge on any atom is -0.00489 e. The molecule has 1 N–H and O–H groups in total. The Balaban J connectivity index is 0.000000140. The molecule has 0 radical (unpaired) electrons. The van der Waals surface area contributed by atoms with Crippen molar-refractivity contribution in [2.75, 3.05) is 24.6 Å². The molecule has 2 aliphatic heterocycles. The summed E-state index contributed by atoms with van der Waals surface area (Å²) in [6.07, 6.45) is 11.5. The first-order chi connectivity index (χ1) is 7.00. The normalized spacial score (nSPS) is 24.0. The van der Waals surface area contributed by atoms with Gasteiger partial charge in [-0.3, -0.25) is 0 Å². The summed E-state index contributed by atoms with van der Waals surface area (Å²) < 4.78 is 0. The Bertz CT molecular complexity index is 63.6. The first-order valence-electron chi connectivity index (χ1n) is 6.28. The standard InChI is InChI=1S/C6H13N.C6H12S/c2*1-2-4-6-7-5-3-1/h7H,1-6H2;1-6H2. The SMILES string of the molecule is C1CCCNCC1.C1CCCSCC1. The molecular weight excluding hydrogens is 190 g/mol. The summed E-state index contributed by atoms with van der Waals surface area (Å²) in [7, 11) is 0. The molecule has 2 heteroatoms. The number of thioether (sulfide) groups is 1. The largest absolute Gasteiger partial charge is 0.317 e. The first kappa shape index (κ1) is 12.4. The van der Waals surface area contributed by atoms with E-state index in [1.165, 1.54) is 76.0 Å². The summed E-state index contributed by atoms with van der Waals surface area (Å²) in [6.45, 7) is 2.50. The molecular formula is C12H25NS. The van der Waals surface area contributed by atoms with Gasteiger partial charge < -0.3 is 5.32 Å². The zero-order valence-electron chi connectivity index (χ0n) is 9.39. The fourth-order valence-electron chi connectivity index (χ4n) is 1.84. The van der Waals surface area contributed by atoms with Gasteiger partial charge >= 0.3 is 0 Å². The van der Waals surface area contributed by atoms with E-state index in [1.54, 1.807) is 0 Å². The molecule has 0 atom stereocenters. The molecule has 84 valence electrons. The van der Waals surface area contributed by atoms with Crippen molar-refractivity contribution in [3.05, 3.63) is 0 Å². The smallest absolute Gasteiger partial charge is 0.00489 e. The Morgan fingerprint density at radius 1 is 0.571 bits per heavy atom. The summed E-state index contributed by atoms with van der Waals surface area (Å²) in [6, 6.07) is 0. The lowest BCUT2D eigenvalue weighted by molar-refractivity contribution is 0.702. The average molecular weight is 215 g/mol. The molecule has 1 nitrogen and oxygen atoms in total. The number of hydrogen-bond donors (Lipinski definition) is 1. The minimum atomic E-state index is 1.25. The van der Waals surface area contributed by atoms with Crippen molar-refractivity contribution < 1.29 is 0 Å². The van der Waals surface area contributed by atoms with Crippen LogP contribution in [0.3, 0.4) is 0 Å². The van der Waals surface area contributed by atoms with E-state index in [1.807, 2.05) is 0 Å². The molecule has 14 heavy (non-hydrogen) atoms. The maximum absolute atomic E-state index is 3.35. The molecule has 0 amide bonds. The van der Waals surface area contributed by atoms with E-state index in [-0.39, 0.29) is 0 Å². The predicted octanol–water partition coefficient (Wildman–Crippen LogP) is 3.44. The Labute approximate surface area is 93.4 Å². The van der Waals surface area contributed by atoms with Crippen molar-refractivity contribution in [1.82, 2.24) is 5.32 Å². The molecule has 0 aromatic heterocycles. The van der Waals surface area contributed by atoms with E-state index in [9.17, 15) is 0 Å². The van der Waals surface area contributed by atoms with Crippen LogP contribution in [0.25, 0.3) is 0 Å². The maximum atomic E-state index is 3.35. The van der Waals surface area contributed by atoms with Gasteiger partial charge in [-0.2, -0.15) is 11.8 Å². The van der Waals surface area contributed by atoms with Crippen LogP contribution in [0.2, 0.25) is 0 Å². The fourth-order valence-corrected chi connectivity index (χ4v) is 2.86. The molecule has 0 aliphatic carbocycles. The van der Waals surface area contributed by atoms with E-state index >= 15 is 0 Å². The van der Waals surface area contributed by atoms with E-state index in [4.69, 9.17) is 0 Å². The quantitative estimate of drug-likeness (QED) is 0.664. The van der Waals surface area contributed by atoms with Gasteiger partial charge in [0.15, 0.2) is 0 Å². The average Bonchev–Trinajstić information content (AvgIpc) is 2.68. The topological polar surface area (TPSA) is 12.0 Å². The van der Waals surface area contributed by atoms with Crippen molar-refractivity contribution in [2.45, 2.75) is 51.4 Å². The van der Waals surface area contributed by atoms with Crippen LogP contribution in [-0.2, 0) is 0 Å². The molecule has 0 aromatic rings. The lowest BCUT2D eigenvalue weighted by Crippen LogP contribution is -2.12. The third-order valence-electron chi connectivity index (χ3n) is 2.78. The minimum absolute atomic E-state index is 1.25. The van der Waals surface area contributed by atoms with Gasteiger partial charge in [-0.15, -0.1) is 0 Å². The highest BCUT2D eigenvalue weighted by Crippen LogP contribution is 2.15. The molecule has 2 fully saturated rings. The lowest BCUT2D eigenvalue weighted by atomic mass is 10.2. The van der Waals surface area contributed by atoms with Gasteiger partial charge in [0.05, 0.1) is 0 Å². The van der Waals surface area contributed by atoms with Gasteiger partial charge in [0, 0.05) is 0 Å². The van der Waals surface area contributed by atoms with Crippen LogP contribution in [0, 0.1) is 0 Å². The third kappa shape index (κ3) is 7.69. The summed E-state index contributed by atoms with van der Waals surface area (Å²) in [5.74, 6) is 2.83. The van der Waals surface area contributed by atoms with Crippen molar-refractivity contribution in [1.29, 1.82) is 0 Å². The Morgan fingerprint density at radius 2 is 1.07 bits per heavy atom. The molecule has 0 spiro atoms. The van der Waals surface area contributed by atoms with E-state index in [0.717, 1.165) is 0 Å². The summed E-state index contributed by atoms with van der Waals surface area (Å²) in [4.78, 5) is 0. The Morgan fingerprint density at radius 3 is 1.64 bits per heavy atom. The van der Waals surface area contributed by atoms with Crippen molar-refractivity contribution >= 4 is 11.8 Å². The summed E-state index contributed by atoms with van der Waals surface area (Å²) in [5, 5.41) is 3.35. The fraction of sp³-hybridized carbons (Fsp3) is 1.00. The number of hydrogen-bond acceptors (Lipinski definition) is 2. The second kappa shape index (κ2) is 9.85. The van der Waals surface area contributed by atoms with Crippen LogP contribution in [0.1, 0.15) is 51.4 Å². The molecule has 2 saturated heterocycles.